The zero-order chi connectivity index (χ0) is 34.8. The standard InChI is InChI=1S/C35H59B3N2O7/c1-13-15-25(30(2,3)43-36(42)27-16-14-17-28(21-27)40-19-18-39(12)29(41)23-40)20-26-22-34(26,10)24-35(11)33(8,9)46-38(47-35)37-44-31(4,5)32(6,7)45-37/h14,16-17,21,25-26,42H,13,15,18-20,22-24H2,1-12H3/t25?,26-,34?,35?/m0/s1. The highest BCUT2D eigenvalue weighted by molar-refractivity contribution is 7.11. The summed E-state index contributed by atoms with van der Waals surface area (Å²) in [4.78, 5) is 16.1. The van der Waals surface area contributed by atoms with Crippen LogP contribution in [0, 0.1) is 17.3 Å². The Kier molecular flexibility index (Phi) is 9.88. The van der Waals surface area contributed by atoms with E-state index in [4.69, 9.17) is 23.3 Å². The van der Waals surface area contributed by atoms with E-state index in [1.165, 1.54) is 0 Å². The van der Waals surface area contributed by atoms with Crippen molar-refractivity contribution in [3.8, 4) is 0 Å². The number of hydrogen-bond acceptors (Lipinski definition) is 8. The Hall–Kier alpha value is -1.56. The molecule has 0 spiro atoms. The van der Waals surface area contributed by atoms with Crippen molar-refractivity contribution in [1.82, 2.24) is 4.90 Å². The van der Waals surface area contributed by atoms with Gasteiger partial charge in [0.1, 0.15) is 0 Å². The third-order valence-corrected chi connectivity index (χ3v) is 12.4. The van der Waals surface area contributed by atoms with Crippen LogP contribution in [0.25, 0.3) is 0 Å². The molecular formula is C35H59B3N2O7. The molecule has 4 fully saturated rings. The van der Waals surface area contributed by atoms with Gasteiger partial charge < -0.3 is 38.1 Å². The maximum absolute atomic E-state index is 12.3. The highest BCUT2D eigenvalue weighted by atomic mass is 16.7. The maximum Gasteiger partial charge on any atom is 0.491 e. The molecule has 3 heterocycles. The van der Waals surface area contributed by atoms with Crippen molar-refractivity contribution in [1.29, 1.82) is 0 Å². The molecule has 0 radical (unpaired) electrons. The highest BCUT2D eigenvalue weighted by Gasteiger charge is 2.67. The van der Waals surface area contributed by atoms with E-state index in [0.29, 0.717) is 24.5 Å². The summed E-state index contributed by atoms with van der Waals surface area (Å²) in [6.07, 6.45) is 5.07. The molecule has 3 saturated heterocycles. The summed E-state index contributed by atoms with van der Waals surface area (Å²) >= 11 is 0. The molecule has 5 rings (SSSR count). The number of carbonyl (C=O) groups is 1. The van der Waals surface area contributed by atoms with Crippen molar-refractivity contribution in [3.63, 3.8) is 0 Å². The van der Waals surface area contributed by atoms with Crippen LogP contribution in [0.2, 0.25) is 0 Å². The van der Waals surface area contributed by atoms with Crippen LogP contribution in [0.3, 0.4) is 0 Å². The molecule has 1 aromatic carbocycles. The monoisotopic (exact) mass is 652 g/mol. The molecule has 4 atom stereocenters. The summed E-state index contributed by atoms with van der Waals surface area (Å²) in [5, 5.41) is 11.3. The number of anilines is 1. The van der Waals surface area contributed by atoms with Crippen LogP contribution in [-0.4, -0.2) is 91.7 Å². The van der Waals surface area contributed by atoms with E-state index in [9.17, 15) is 9.82 Å². The fraction of sp³-hybridized carbons (Fsp3) is 0.800. The number of nitrogens with zero attached hydrogens (tertiary/aromatic N) is 2. The fourth-order valence-electron chi connectivity index (χ4n) is 7.81. The molecule has 1 amide bonds. The predicted octanol–water partition coefficient (Wildman–Crippen LogP) is 4.91. The Balaban J connectivity index is 1.22. The van der Waals surface area contributed by atoms with Crippen LogP contribution < -0.4 is 10.4 Å². The van der Waals surface area contributed by atoms with Gasteiger partial charge in [0.05, 0.1) is 34.6 Å². The Morgan fingerprint density at radius 1 is 1.00 bits per heavy atom. The maximum atomic E-state index is 12.3. The summed E-state index contributed by atoms with van der Waals surface area (Å²) in [6.45, 7) is 25.2. The van der Waals surface area contributed by atoms with Gasteiger partial charge in [-0.1, -0.05) is 32.4 Å². The lowest BCUT2D eigenvalue weighted by molar-refractivity contribution is -0.129. The van der Waals surface area contributed by atoms with Gasteiger partial charge in [0, 0.05) is 25.8 Å². The van der Waals surface area contributed by atoms with E-state index in [0.717, 1.165) is 44.3 Å². The molecular weight excluding hydrogens is 593 g/mol. The number of piperazine rings is 1. The molecule has 3 unspecified atom stereocenters. The third kappa shape index (κ3) is 7.34. The van der Waals surface area contributed by atoms with Crippen molar-refractivity contribution in [3.05, 3.63) is 24.3 Å². The number of hydrogen-bond donors (Lipinski definition) is 1. The number of carbonyl (C=O) groups excluding carboxylic acids is 1. The van der Waals surface area contributed by atoms with Gasteiger partial charge in [-0.15, -0.1) is 0 Å². The minimum Gasteiger partial charge on any atom is -0.423 e. The minimum atomic E-state index is -1.06. The number of likely N-dealkylation sites (N-methyl/N-ethyl adjacent to an activating group) is 1. The van der Waals surface area contributed by atoms with Crippen LogP contribution in [-0.2, 0) is 28.1 Å². The first kappa shape index (κ1) is 36.7. The second-order valence-electron chi connectivity index (χ2n) is 17.3. The SMILES string of the molecule is CCCC(C[C@H]1CC1(C)CC1(C)OB(B2OC(C)(C)C(C)(C)O2)OC1(C)C)C(C)(C)OB(O)c1cccc(N2CCN(C)C(=O)C2)c1. The lowest BCUT2D eigenvalue weighted by atomic mass is 9.49. The average Bonchev–Trinajstić information content (AvgIpc) is 3.42. The van der Waals surface area contributed by atoms with Crippen molar-refractivity contribution in [2.24, 2.45) is 17.3 Å². The molecule has 1 saturated carbocycles. The van der Waals surface area contributed by atoms with E-state index < -0.39 is 49.1 Å². The largest absolute Gasteiger partial charge is 0.491 e. The number of benzene rings is 1. The molecule has 3 aliphatic heterocycles. The van der Waals surface area contributed by atoms with Gasteiger partial charge in [0.2, 0.25) is 5.91 Å². The lowest BCUT2D eigenvalue weighted by Crippen LogP contribution is -2.49. The van der Waals surface area contributed by atoms with Gasteiger partial charge in [0.15, 0.2) is 0 Å². The normalized spacial score (nSPS) is 30.7. The quantitative estimate of drug-likeness (QED) is 0.319. The number of rotatable bonds is 12. The summed E-state index contributed by atoms with van der Waals surface area (Å²) in [6, 6.07) is 7.78. The third-order valence-electron chi connectivity index (χ3n) is 12.4. The minimum absolute atomic E-state index is 0.100. The summed E-state index contributed by atoms with van der Waals surface area (Å²) in [5.74, 6) is 0.888. The summed E-state index contributed by atoms with van der Waals surface area (Å²) < 4.78 is 32.4. The van der Waals surface area contributed by atoms with Crippen molar-refractivity contribution >= 4 is 38.2 Å². The molecule has 0 bridgehead atoms. The fourth-order valence-corrected chi connectivity index (χ4v) is 7.81. The van der Waals surface area contributed by atoms with Gasteiger partial charge in [-0.05, 0) is 123 Å². The zero-order valence-electron chi connectivity index (χ0n) is 31.1. The molecule has 47 heavy (non-hydrogen) atoms. The smallest absolute Gasteiger partial charge is 0.423 e. The Labute approximate surface area is 285 Å². The number of amides is 1. The first-order chi connectivity index (χ1) is 21.6. The van der Waals surface area contributed by atoms with Crippen molar-refractivity contribution in [2.75, 3.05) is 31.6 Å². The summed E-state index contributed by atoms with van der Waals surface area (Å²) in [7, 11) is -0.391. The van der Waals surface area contributed by atoms with Crippen LogP contribution in [0.5, 0.6) is 0 Å². The van der Waals surface area contributed by atoms with Crippen molar-refractivity contribution < 1.29 is 33.1 Å². The van der Waals surface area contributed by atoms with E-state index in [-0.39, 0.29) is 17.2 Å². The topological polar surface area (TPSA) is 89.9 Å². The molecule has 1 aliphatic carbocycles. The average molecular weight is 652 g/mol. The molecule has 260 valence electrons. The second-order valence-corrected chi connectivity index (χ2v) is 17.3. The predicted molar refractivity (Wildman–Crippen MR) is 189 cm³/mol. The van der Waals surface area contributed by atoms with E-state index >= 15 is 0 Å². The van der Waals surface area contributed by atoms with Gasteiger partial charge >= 0.3 is 21.1 Å². The highest BCUT2D eigenvalue weighted by Crippen LogP contribution is 2.63. The zero-order valence-corrected chi connectivity index (χ0v) is 31.1. The molecule has 1 aromatic rings. The van der Waals surface area contributed by atoms with E-state index in [2.05, 4.69) is 53.4 Å². The second kappa shape index (κ2) is 12.6. The van der Waals surface area contributed by atoms with Gasteiger partial charge in [-0.2, -0.15) is 0 Å². The lowest BCUT2D eigenvalue weighted by Gasteiger charge is -2.40. The molecule has 0 aromatic heterocycles. The van der Waals surface area contributed by atoms with Crippen LogP contribution >= 0.6 is 0 Å². The Morgan fingerprint density at radius 3 is 2.23 bits per heavy atom. The van der Waals surface area contributed by atoms with Gasteiger partial charge in [-0.3, -0.25) is 4.79 Å². The first-order valence-electron chi connectivity index (χ1n) is 17.8. The van der Waals surface area contributed by atoms with E-state index in [1.807, 2.05) is 59.0 Å². The Bertz CT molecular complexity index is 1300. The van der Waals surface area contributed by atoms with E-state index in [1.54, 1.807) is 4.90 Å². The molecule has 4 aliphatic rings. The first-order valence-corrected chi connectivity index (χ1v) is 17.8. The summed E-state index contributed by atoms with van der Waals surface area (Å²) in [5.41, 5.74) is -0.730. The Morgan fingerprint density at radius 2 is 1.62 bits per heavy atom. The molecule has 9 nitrogen and oxygen atoms in total. The van der Waals surface area contributed by atoms with Gasteiger partial charge in [0.25, 0.3) is 0 Å². The molecule has 1 N–H and O–H groups in total. The van der Waals surface area contributed by atoms with Crippen LogP contribution in [0.15, 0.2) is 24.3 Å². The van der Waals surface area contributed by atoms with Crippen molar-refractivity contribution in [2.45, 2.75) is 136 Å². The van der Waals surface area contributed by atoms with Gasteiger partial charge in [-0.25, -0.2) is 0 Å². The van der Waals surface area contributed by atoms with Crippen LogP contribution in [0.1, 0.15) is 108 Å². The molecule has 12 heteroatoms. The van der Waals surface area contributed by atoms with Crippen LogP contribution in [0.4, 0.5) is 5.69 Å².